The van der Waals surface area contributed by atoms with E-state index in [1.807, 2.05) is 19.1 Å². The molecule has 0 aliphatic rings. The van der Waals surface area contributed by atoms with Gasteiger partial charge >= 0.3 is 5.97 Å². The van der Waals surface area contributed by atoms with Crippen LogP contribution in [0.25, 0.3) is 0 Å². The van der Waals surface area contributed by atoms with Crippen molar-refractivity contribution in [1.29, 1.82) is 0 Å². The predicted octanol–water partition coefficient (Wildman–Crippen LogP) is 2.29. The molecule has 1 aromatic rings. The molecule has 0 bridgehead atoms. The zero-order valence-electron chi connectivity index (χ0n) is 8.86. The van der Waals surface area contributed by atoms with Crippen LogP contribution in [0, 0.1) is 12.8 Å². The van der Waals surface area contributed by atoms with Crippen LogP contribution in [-0.4, -0.2) is 16.9 Å². The van der Waals surface area contributed by atoms with Gasteiger partial charge in [-0.1, -0.05) is 36.8 Å². The number of carboxylic acids is 1. The van der Waals surface area contributed by atoms with Gasteiger partial charge in [-0.2, -0.15) is 0 Å². The minimum absolute atomic E-state index is 0.0540. The lowest BCUT2D eigenvalue weighted by atomic mass is 9.99. The number of carbonyl (C=O) groups excluding carboxylic acids is 1. The summed E-state index contributed by atoms with van der Waals surface area (Å²) in [6.07, 6.45) is 0.0540. The number of rotatable bonds is 4. The van der Waals surface area contributed by atoms with Crippen molar-refractivity contribution in [2.75, 3.05) is 0 Å². The summed E-state index contributed by atoms with van der Waals surface area (Å²) in [5.41, 5.74) is 1.66. The highest BCUT2D eigenvalue weighted by Gasteiger charge is 2.16. The van der Waals surface area contributed by atoms with Gasteiger partial charge in [-0.25, -0.2) is 0 Å². The standard InChI is InChI=1S/C12H14O3/c1-8-3-5-10(6-4-8)11(13)7-9(2)12(14)15/h3-6,9H,7H2,1-2H3,(H,14,15)/t9-/m0/s1. The van der Waals surface area contributed by atoms with E-state index in [1.54, 1.807) is 12.1 Å². The molecular formula is C12H14O3. The van der Waals surface area contributed by atoms with Gasteiger partial charge in [-0.05, 0) is 6.92 Å². The summed E-state index contributed by atoms with van der Waals surface area (Å²) in [6.45, 7) is 3.47. The van der Waals surface area contributed by atoms with E-state index < -0.39 is 11.9 Å². The number of ketones is 1. The quantitative estimate of drug-likeness (QED) is 0.769. The van der Waals surface area contributed by atoms with Crippen LogP contribution in [0.3, 0.4) is 0 Å². The van der Waals surface area contributed by atoms with Gasteiger partial charge in [-0.3, -0.25) is 9.59 Å². The van der Waals surface area contributed by atoms with E-state index in [4.69, 9.17) is 5.11 Å². The summed E-state index contributed by atoms with van der Waals surface area (Å²) in [4.78, 5) is 22.2. The van der Waals surface area contributed by atoms with E-state index in [2.05, 4.69) is 0 Å². The van der Waals surface area contributed by atoms with Gasteiger partial charge < -0.3 is 5.11 Å². The zero-order valence-corrected chi connectivity index (χ0v) is 8.86. The fourth-order valence-electron chi connectivity index (χ4n) is 1.22. The zero-order chi connectivity index (χ0) is 11.4. The minimum Gasteiger partial charge on any atom is -0.481 e. The Kier molecular flexibility index (Phi) is 3.61. The SMILES string of the molecule is Cc1ccc(C(=O)C[C@H](C)C(=O)O)cc1. The second kappa shape index (κ2) is 4.73. The van der Waals surface area contributed by atoms with Crippen molar-refractivity contribution in [3.63, 3.8) is 0 Å². The Morgan fingerprint density at radius 3 is 2.27 bits per heavy atom. The molecule has 0 amide bonds. The Labute approximate surface area is 88.7 Å². The van der Waals surface area contributed by atoms with Crippen molar-refractivity contribution in [3.05, 3.63) is 35.4 Å². The van der Waals surface area contributed by atoms with Crippen LogP contribution < -0.4 is 0 Å². The van der Waals surface area contributed by atoms with E-state index in [1.165, 1.54) is 6.92 Å². The van der Waals surface area contributed by atoms with Crippen molar-refractivity contribution in [3.8, 4) is 0 Å². The molecule has 0 saturated heterocycles. The molecule has 3 nitrogen and oxygen atoms in total. The first-order valence-corrected chi connectivity index (χ1v) is 4.83. The highest BCUT2D eigenvalue weighted by atomic mass is 16.4. The molecule has 0 aliphatic heterocycles. The number of aryl methyl sites for hydroxylation is 1. The molecule has 80 valence electrons. The van der Waals surface area contributed by atoms with E-state index >= 15 is 0 Å². The van der Waals surface area contributed by atoms with Gasteiger partial charge in [0.05, 0.1) is 5.92 Å². The first-order chi connectivity index (χ1) is 7.00. The van der Waals surface area contributed by atoms with Crippen molar-refractivity contribution in [2.24, 2.45) is 5.92 Å². The molecule has 1 aromatic carbocycles. The highest BCUT2D eigenvalue weighted by molar-refractivity contribution is 5.97. The summed E-state index contributed by atoms with van der Waals surface area (Å²) < 4.78 is 0. The number of hydrogen-bond donors (Lipinski definition) is 1. The monoisotopic (exact) mass is 206 g/mol. The van der Waals surface area contributed by atoms with Crippen molar-refractivity contribution >= 4 is 11.8 Å². The fourth-order valence-corrected chi connectivity index (χ4v) is 1.22. The van der Waals surface area contributed by atoms with Crippen molar-refractivity contribution < 1.29 is 14.7 Å². The largest absolute Gasteiger partial charge is 0.481 e. The molecule has 1 N–H and O–H groups in total. The third-order valence-corrected chi connectivity index (χ3v) is 2.29. The normalized spacial score (nSPS) is 12.1. The number of carbonyl (C=O) groups is 2. The van der Waals surface area contributed by atoms with Crippen LogP contribution in [-0.2, 0) is 4.79 Å². The van der Waals surface area contributed by atoms with Gasteiger partial charge in [-0.15, -0.1) is 0 Å². The van der Waals surface area contributed by atoms with Crippen LogP contribution in [0.2, 0.25) is 0 Å². The van der Waals surface area contributed by atoms with Crippen LogP contribution in [0.5, 0.6) is 0 Å². The fraction of sp³-hybridized carbons (Fsp3) is 0.333. The smallest absolute Gasteiger partial charge is 0.306 e. The maximum atomic E-state index is 11.6. The average molecular weight is 206 g/mol. The molecule has 0 spiro atoms. The van der Waals surface area contributed by atoms with E-state index in [0.29, 0.717) is 5.56 Å². The van der Waals surface area contributed by atoms with E-state index in [9.17, 15) is 9.59 Å². The Hall–Kier alpha value is -1.64. The average Bonchev–Trinajstić information content (AvgIpc) is 2.18. The molecule has 1 atom stereocenters. The summed E-state index contributed by atoms with van der Waals surface area (Å²) in [5, 5.41) is 8.67. The second-order valence-electron chi connectivity index (χ2n) is 3.73. The highest BCUT2D eigenvalue weighted by Crippen LogP contribution is 2.11. The Balaban J connectivity index is 2.69. The van der Waals surface area contributed by atoms with Crippen LogP contribution in [0.1, 0.15) is 29.3 Å². The molecule has 15 heavy (non-hydrogen) atoms. The lowest BCUT2D eigenvalue weighted by Gasteiger charge is -2.05. The second-order valence-corrected chi connectivity index (χ2v) is 3.73. The maximum absolute atomic E-state index is 11.6. The summed E-state index contributed by atoms with van der Waals surface area (Å²) in [7, 11) is 0. The third-order valence-electron chi connectivity index (χ3n) is 2.29. The number of Topliss-reactive ketones (excluding diaryl/α,β-unsaturated/α-hetero) is 1. The first-order valence-electron chi connectivity index (χ1n) is 4.83. The maximum Gasteiger partial charge on any atom is 0.306 e. The van der Waals surface area contributed by atoms with E-state index in [0.717, 1.165) is 5.56 Å². The molecule has 3 heteroatoms. The Morgan fingerprint density at radius 2 is 1.80 bits per heavy atom. The van der Waals surface area contributed by atoms with Gasteiger partial charge in [0.2, 0.25) is 0 Å². The third kappa shape index (κ3) is 3.20. The molecule has 0 saturated carbocycles. The van der Waals surface area contributed by atoms with Crippen LogP contribution >= 0.6 is 0 Å². The van der Waals surface area contributed by atoms with Gasteiger partial charge in [0.15, 0.2) is 5.78 Å². The Morgan fingerprint density at radius 1 is 1.27 bits per heavy atom. The predicted molar refractivity (Wildman–Crippen MR) is 56.9 cm³/mol. The number of hydrogen-bond acceptors (Lipinski definition) is 2. The molecule has 0 fully saturated rings. The van der Waals surface area contributed by atoms with Gasteiger partial charge in [0.1, 0.15) is 0 Å². The lowest BCUT2D eigenvalue weighted by Crippen LogP contribution is -2.14. The summed E-state index contributed by atoms with van der Waals surface area (Å²) in [5.74, 6) is -1.68. The minimum atomic E-state index is -0.935. The molecule has 0 radical (unpaired) electrons. The number of carboxylic acid groups (broad SMARTS) is 1. The van der Waals surface area contributed by atoms with Crippen LogP contribution in [0.4, 0.5) is 0 Å². The topological polar surface area (TPSA) is 54.4 Å². The number of aliphatic carboxylic acids is 1. The van der Waals surface area contributed by atoms with E-state index in [-0.39, 0.29) is 12.2 Å². The summed E-state index contributed by atoms with van der Waals surface area (Å²) in [6, 6.07) is 7.15. The van der Waals surface area contributed by atoms with Crippen LogP contribution in [0.15, 0.2) is 24.3 Å². The Bertz CT molecular complexity index is 365. The van der Waals surface area contributed by atoms with Crippen molar-refractivity contribution in [2.45, 2.75) is 20.3 Å². The molecule has 0 unspecified atom stereocenters. The molecule has 1 rings (SSSR count). The lowest BCUT2D eigenvalue weighted by molar-refractivity contribution is -0.141. The molecule has 0 heterocycles. The van der Waals surface area contributed by atoms with Gasteiger partial charge in [0.25, 0.3) is 0 Å². The molecule has 0 aromatic heterocycles. The molecule has 0 aliphatic carbocycles. The van der Waals surface area contributed by atoms with Gasteiger partial charge in [0, 0.05) is 12.0 Å². The number of benzene rings is 1. The first kappa shape index (κ1) is 11.4. The summed E-state index contributed by atoms with van der Waals surface area (Å²) >= 11 is 0. The molecular weight excluding hydrogens is 192 g/mol. The van der Waals surface area contributed by atoms with Crippen molar-refractivity contribution in [1.82, 2.24) is 0 Å².